The van der Waals surface area contributed by atoms with Crippen LogP contribution in [-0.2, 0) is 6.42 Å². The van der Waals surface area contributed by atoms with Crippen molar-refractivity contribution < 1.29 is 14.6 Å². The van der Waals surface area contributed by atoms with E-state index in [0.29, 0.717) is 0 Å². The second kappa shape index (κ2) is 5.65. The van der Waals surface area contributed by atoms with Gasteiger partial charge < -0.3 is 14.6 Å². The van der Waals surface area contributed by atoms with Crippen molar-refractivity contribution in [3.05, 3.63) is 23.3 Å². The van der Waals surface area contributed by atoms with Gasteiger partial charge in [-0.3, -0.25) is 0 Å². The van der Waals surface area contributed by atoms with E-state index in [1.165, 1.54) is 5.56 Å². The van der Waals surface area contributed by atoms with Gasteiger partial charge in [0.1, 0.15) is 17.6 Å². The van der Waals surface area contributed by atoms with Crippen molar-refractivity contribution in [2.24, 2.45) is 5.41 Å². The van der Waals surface area contributed by atoms with Gasteiger partial charge in [0.25, 0.3) is 0 Å². The maximum absolute atomic E-state index is 10.5. The van der Waals surface area contributed by atoms with Crippen LogP contribution in [0.4, 0.5) is 0 Å². The Morgan fingerprint density at radius 1 is 1.40 bits per heavy atom. The van der Waals surface area contributed by atoms with Gasteiger partial charge in [0.05, 0.1) is 13.2 Å². The van der Waals surface area contributed by atoms with E-state index in [1.54, 1.807) is 7.11 Å². The van der Waals surface area contributed by atoms with Crippen molar-refractivity contribution in [3.8, 4) is 11.5 Å². The van der Waals surface area contributed by atoms with E-state index in [0.717, 1.165) is 36.3 Å². The minimum atomic E-state index is -0.506. The second-order valence-electron chi connectivity index (χ2n) is 6.95. The maximum atomic E-state index is 10.5. The summed E-state index contributed by atoms with van der Waals surface area (Å²) in [6.07, 6.45) is 2.30. The Labute approximate surface area is 121 Å². The highest BCUT2D eigenvalue weighted by Gasteiger charge is 2.24. The number of aliphatic hydroxyl groups excluding tert-OH is 1. The fourth-order valence-electron chi connectivity index (χ4n) is 2.62. The predicted molar refractivity (Wildman–Crippen MR) is 80.4 cm³/mol. The molecule has 1 N–H and O–H groups in total. The molecule has 1 aliphatic heterocycles. The van der Waals surface area contributed by atoms with E-state index in [1.807, 2.05) is 12.1 Å². The van der Waals surface area contributed by atoms with Gasteiger partial charge in [-0.2, -0.15) is 0 Å². The second-order valence-corrected chi connectivity index (χ2v) is 6.95. The quantitative estimate of drug-likeness (QED) is 0.908. The highest BCUT2D eigenvalue weighted by Crippen LogP contribution is 2.39. The molecular weight excluding hydrogens is 252 g/mol. The lowest BCUT2D eigenvalue weighted by Gasteiger charge is -2.22. The molecule has 1 aliphatic rings. The smallest absolute Gasteiger partial charge is 0.125 e. The summed E-state index contributed by atoms with van der Waals surface area (Å²) < 4.78 is 11.2. The number of ether oxygens (including phenoxy) is 2. The van der Waals surface area contributed by atoms with Crippen molar-refractivity contribution >= 4 is 0 Å². The SMILES string of the molecule is COc1cc2c(cc1C(O)CCC(C)(C)C)OC(C)C2. The number of rotatable bonds is 4. The molecule has 2 atom stereocenters. The molecule has 0 aromatic heterocycles. The molecule has 0 saturated carbocycles. The molecule has 1 aromatic rings. The van der Waals surface area contributed by atoms with Gasteiger partial charge in [-0.1, -0.05) is 20.8 Å². The average molecular weight is 278 g/mol. The van der Waals surface area contributed by atoms with E-state index in [2.05, 4.69) is 27.7 Å². The van der Waals surface area contributed by atoms with Gasteiger partial charge in [-0.15, -0.1) is 0 Å². The molecule has 0 amide bonds. The molecule has 1 aromatic carbocycles. The van der Waals surface area contributed by atoms with Crippen molar-refractivity contribution in [2.75, 3.05) is 7.11 Å². The maximum Gasteiger partial charge on any atom is 0.125 e. The summed E-state index contributed by atoms with van der Waals surface area (Å²) in [6.45, 7) is 8.61. The summed E-state index contributed by atoms with van der Waals surface area (Å²) in [5, 5.41) is 10.5. The number of fused-ring (bicyclic) bond motifs is 1. The molecule has 0 fully saturated rings. The van der Waals surface area contributed by atoms with Crippen molar-refractivity contribution in [1.29, 1.82) is 0 Å². The number of hydrogen-bond acceptors (Lipinski definition) is 3. The van der Waals surface area contributed by atoms with E-state index in [4.69, 9.17) is 9.47 Å². The molecule has 0 aliphatic carbocycles. The molecule has 20 heavy (non-hydrogen) atoms. The number of methoxy groups -OCH3 is 1. The van der Waals surface area contributed by atoms with E-state index in [9.17, 15) is 5.11 Å². The van der Waals surface area contributed by atoms with Crippen LogP contribution in [0.25, 0.3) is 0 Å². The number of aliphatic hydroxyl groups is 1. The average Bonchev–Trinajstić information content (AvgIpc) is 2.72. The van der Waals surface area contributed by atoms with Crippen LogP contribution in [0, 0.1) is 5.41 Å². The first-order valence-corrected chi connectivity index (χ1v) is 7.35. The zero-order valence-electron chi connectivity index (χ0n) is 13.2. The lowest BCUT2D eigenvalue weighted by atomic mass is 9.87. The fraction of sp³-hybridized carbons (Fsp3) is 0.647. The van der Waals surface area contributed by atoms with Crippen LogP contribution in [-0.4, -0.2) is 18.3 Å². The predicted octanol–water partition coefficient (Wildman–Crippen LogP) is 3.88. The topological polar surface area (TPSA) is 38.7 Å². The molecule has 0 spiro atoms. The first-order chi connectivity index (χ1) is 9.30. The third-order valence-electron chi connectivity index (χ3n) is 3.78. The van der Waals surface area contributed by atoms with E-state index >= 15 is 0 Å². The van der Waals surface area contributed by atoms with Crippen molar-refractivity contribution in [2.45, 2.75) is 59.2 Å². The Morgan fingerprint density at radius 3 is 2.70 bits per heavy atom. The van der Waals surface area contributed by atoms with Crippen molar-refractivity contribution in [3.63, 3.8) is 0 Å². The summed E-state index contributed by atoms with van der Waals surface area (Å²) in [6, 6.07) is 3.96. The van der Waals surface area contributed by atoms with Gasteiger partial charge in [-0.05, 0) is 37.3 Å². The Morgan fingerprint density at radius 2 is 2.10 bits per heavy atom. The first kappa shape index (κ1) is 15.2. The van der Waals surface area contributed by atoms with Crippen LogP contribution in [0.15, 0.2) is 12.1 Å². The third-order valence-corrected chi connectivity index (χ3v) is 3.78. The zero-order valence-corrected chi connectivity index (χ0v) is 13.2. The van der Waals surface area contributed by atoms with Gasteiger partial charge >= 0.3 is 0 Å². The van der Waals surface area contributed by atoms with E-state index < -0.39 is 6.10 Å². The summed E-state index contributed by atoms with van der Waals surface area (Å²) in [4.78, 5) is 0. The molecule has 1 heterocycles. The fourth-order valence-corrected chi connectivity index (χ4v) is 2.62. The van der Waals surface area contributed by atoms with Crippen LogP contribution < -0.4 is 9.47 Å². The first-order valence-electron chi connectivity index (χ1n) is 7.35. The standard InChI is InChI=1S/C17H26O3/c1-11-8-12-9-16(19-5)13(10-15(12)20-11)14(18)6-7-17(2,3)4/h9-11,14,18H,6-8H2,1-5H3. The van der Waals surface area contributed by atoms with Gasteiger partial charge in [0, 0.05) is 17.5 Å². The molecular formula is C17H26O3. The third kappa shape index (κ3) is 3.45. The van der Waals surface area contributed by atoms with Gasteiger partial charge in [0.2, 0.25) is 0 Å². The normalized spacial score (nSPS) is 19.4. The molecule has 0 radical (unpaired) electrons. The van der Waals surface area contributed by atoms with Crippen molar-refractivity contribution in [1.82, 2.24) is 0 Å². The minimum absolute atomic E-state index is 0.205. The molecule has 0 bridgehead atoms. The Balaban J connectivity index is 2.20. The van der Waals surface area contributed by atoms with Crippen LogP contribution >= 0.6 is 0 Å². The van der Waals surface area contributed by atoms with Crippen LogP contribution in [0.5, 0.6) is 11.5 Å². The highest BCUT2D eigenvalue weighted by atomic mass is 16.5. The Kier molecular flexibility index (Phi) is 4.28. The summed E-state index contributed by atoms with van der Waals surface area (Å²) in [5.41, 5.74) is 2.22. The van der Waals surface area contributed by atoms with Gasteiger partial charge in [0.15, 0.2) is 0 Å². The molecule has 2 unspecified atom stereocenters. The monoisotopic (exact) mass is 278 g/mol. The zero-order chi connectivity index (χ0) is 14.9. The van der Waals surface area contributed by atoms with E-state index in [-0.39, 0.29) is 11.5 Å². The van der Waals surface area contributed by atoms with Gasteiger partial charge in [-0.25, -0.2) is 0 Å². The minimum Gasteiger partial charge on any atom is -0.496 e. The van der Waals surface area contributed by atoms with Crippen LogP contribution in [0.3, 0.4) is 0 Å². The summed E-state index contributed by atoms with van der Waals surface area (Å²) in [5.74, 6) is 1.66. The lowest BCUT2D eigenvalue weighted by Crippen LogP contribution is -2.09. The largest absolute Gasteiger partial charge is 0.496 e. The molecule has 2 rings (SSSR count). The molecule has 112 valence electrons. The highest BCUT2D eigenvalue weighted by molar-refractivity contribution is 5.49. The van der Waals surface area contributed by atoms with Crippen LogP contribution in [0.1, 0.15) is 57.8 Å². The Bertz CT molecular complexity index is 474. The number of benzene rings is 1. The lowest BCUT2D eigenvalue weighted by molar-refractivity contribution is 0.143. The number of hydrogen-bond donors (Lipinski definition) is 1. The molecule has 3 nitrogen and oxygen atoms in total. The summed E-state index contributed by atoms with van der Waals surface area (Å²) >= 11 is 0. The Hall–Kier alpha value is -1.22. The molecule has 0 saturated heterocycles. The summed E-state index contributed by atoms with van der Waals surface area (Å²) in [7, 11) is 1.65. The van der Waals surface area contributed by atoms with Crippen LogP contribution in [0.2, 0.25) is 0 Å². The molecule has 3 heteroatoms.